The molecule has 2 heteroatoms. The molecule has 0 saturated heterocycles. The molecular formula is C9H14O2. The van der Waals surface area contributed by atoms with Crippen molar-refractivity contribution in [2.24, 2.45) is 11.8 Å². The van der Waals surface area contributed by atoms with Crippen LogP contribution in [0.5, 0.6) is 0 Å². The van der Waals surface area contributed by atoms with Gasteiger partial charge in [-0.25, -0.2) is 0 Å². The third-order valence-electron chi connectivity index (χ3n) is 1.53. The minimum Gasteiger partial charge on any atom is -0.480 e. The molecule has 0 rings (SSSR count). The van der Waals surface area contributed by atoms with E-state index in [1.165, 1.54) is 0 Å². The molecule has 1 atom stereocenters. The normalized spacial score (nSPS) is 12.5. The molecule has 0 aliphatic heterocycles. The third-order valence-corrected chi connectivity index (χ3v) is 1.53. The van der Waals surface area contributed by atoms with Crippen molar-refractivity contribution in [1.82, 2.24) is 0 Å². The lowest BCUT2D eigenvalue weighted by Gasteiger charge is -2.06. The molecule has 0 saturated carbocycles. The Labute approximate surface area is 67.6 Å². The number of hydrogen-bond acceptors (Lipinski definition) is 1. The first-order chi connectivity index (χ1) is 5.07. The molecular weight excluding hydrogens is 140 g/mol. The van der Waals surface area contributed by atoms with E-state index in [-0.39, 0.29) is 0 Å². The summed E-state index contributed by atoms with van der Waals surface area (Å²) < 4.78 is 0. The van der Waals surface area contributed by atoms with Gasteiger partial charge in [0.1, 0.15) is 5.92 Å². The van der Waals surface area contributed by atoms with E-state index >= 15 is 0 Å². The number of aliphatic carboxylic acids is 1. The Kier molecular flexibility index (Phi) is 4.36. The van der Waals surface area contributed by atoms with Gasteiger partial charge in [0.25, 0.3) is 0 Å². The Morgan fingerprint density at radius 2 is 2.09 bits per heavy atom. The van der Waals surface area contributed by atoms with Crippen molar-refractivity contribution in [3.05, 3.63) is 0 Å². The summed E-state index contributed by atoms with van der Waals surface area (Å²) in [7, 11) is 0. The number of rotatable bonds is 4. The quantitative estimate of drug-likeness (QED) is 0.626. The van der Waals surface area contributed by atoms with E-state index in [0.29, 0.717) is 12.3 Å². The number of carbonyl (C=O) groups is 1. The number of terminal acetylenes is 1. The van der Waals surface area contributed by atoms with Crippen LogP contribution >= 0.6 is 0 Å². The van der Waals surface area contributed by atoms with E-state index in [1.54, 1.807) is 0 Å². The van der Waals surface area contributed by atoms with Crippen LogP contribution < -0.4 is 0 Å². The van der Waals surface area contributed by atoms with E-state index < -0.39 is 11.9 Å². The largest absolute Gasteiger partial charge is 0.480 e. The summed E-state index contributed by atoms with van der Waals surface area (Å²) in [5.74, 6) is 1.30. The van der Waals surface area contributed by atoms with Crippen LogP contribution in [0.1, 0.15) is 26.7 Å². The van der Waals surface area contributed by atoms with Gasteiger partial charge in [-0.1, -0.05) is 19.8 Å². The third kappa shape index (κ3) is 4.44. The Bertz CT molecular complexity index is 165. The summed E-state index contributed by atoms with van der Waals surface area (Å²) in [4.78, 5) is 10.4. The summed E-state index contributed by atoms with van der Waals surface area (Å²) in [5, 5.41) is 8.54. The fourth-order valence-corrected chi connectivity index (χ4v) is 0.778. The summed E-state index contributed by atoms with van der Waals surface area (Å²) >= 11 is 0. The monoisotopic (exact) mass is 154 g/mol. The first kappa shape index (κ1) is 10.0. The Balaban J connectivity index is 3.73. The van der Waals surface area contributed by atoms with Gasteiger partial charge in [0.15, 0.2) is 0 Å². The van der Waals surface area contributed by atoms with E-state index in [1.807, 2.05) is 0 Å². The molecule has 0 radical (unpaired) electrons. The molecule has 0 aliphatic carbocycles. The second-order valence-corrected chi connectivity index (χ2v) is 3.03. The standard InChI is InChI=1S/C9H14O2/c1-4-8(9(10)11)6-5-7(2)3/h1,7-8H,5-6H2,2-3H3,(H,10,11). The highest BCUT2D eigenvalue weighted by molar-refractivity contribution is 5.73. The second-order valence-electron chi connectivity index (χ2n) is 3.03. The highest BCUT2D eigenvalue weighted by Gasteiger charge is 2.13. The molecule has 0 aliphatic rings. The van der Waals surface area contributed by atoms with Crippen LogP contribution in [0.2, 0.25) is 0 Å². The molecule has 0 amide bonds. The maximum atomic E-state index is 10.4. The van der Waals surface area contributed by atoms with Gasteiger partial charge >= 0.3 is 5.97 Å². The van der Waals surface area contributed by atoms with Crippen LogP contribution in [-0.2, 0) is 4.79 Å². The van der Waals surface area contributed by atoms with Gasteiger partial charge in [0, 0.05) is 0 Å². The van der Waals surface area contributed by atoms with Crippen molar-refractivity contribution < 1.29 is 9.90 Å². The molecule has 0 heterocycles. The zero-order chi connectivity index (χ0) is 8.85. The van der Waals surface area contributed by atoms with Crippen LogP contribution in [0.3, 0.4) is 0 Å². The summed E-state index contributed by atoms with van der Waals surface area (Å²) in [6.45, 7) is 4.10. The molecule has 0 aromatic heterocycles. The summed E-state index contributed by atoms with van der Waals surface area (Å²) in [6, 6.07) is 0. The van der Waals surface area contributed by atoms with Gasteiger partial charge in [-0.15, -0.1) is 6.42 Å². The lowest BCUT2D eigenvalue weighted by molar-refractivity contribution is -0.139. The van der Waals surface area contributed by atoms with Crippen LogP contribution in [0.15, 0.2) is 0 Å². The van der Waals surface area contributed by atoms with E-state index in [4.69, 9.17) is 11.5 Å². The van der Waals surface area contributed by atoms with Gasteiger partial charge in [-0.05, 0) is 18.8 Å². The van der Waals surface area contributed by atoms with Crippen molar-refractivity contribution >= 4 is 5.97 Å². The van der Waals surface area contributed by atoms with Crippen molar-refractivity contribution in [2.45, 2.75) is 26.7 Å². The Morgan fingerprint density at radius 1 is 1.55 bits per heavy atom. The fourth-order valence-electron chi connectivity index (χ4n) is 0.778. The minimum absolute atomic E-state index is 0.519. The number of carboxylic acid groups (broad SMARTS) is 1. The smallest absolute Gasteiger partial charge is 0.318 e. The first-order valence-electron chi connectivity index (χ1n) is 3.76. The highest BCUT2D eigenvalue weighted by Crippen LogP contribution is 2.11. The molecule has 0 spiro atoms. The lowest BCUT2D eigenvalue weighted by Crippen LogP contribution is -2.11. The molecule has 0 aromatic rings. The Hall–Kier alpha value is -0.970. The van der Waals surface area contributed by atoms with Crippen LogP contribution in [0.25, 0.3) is 0 Å². The average Bonchev–Trinajstić information content (AvgIpc) is 1.87. The molecule has 0 aromatic carbocycles. The van der Waals surface area contributed by atoms with Gasteiger partial charge in [-0.2, -0.15) is 0 Å². The average molecular weight is 154 g/mol. The van der Waals surface area contributed by atoms with E-state index in [9.17, 15) is 4.79 Å². The molecule has 1 N–H and O–H groups in total. The van der Waals surface area contributed by atoms with Crippen molar-refractivity contribution in [3.8, 4) is 12.3 Å². The van der Waals surface area contributed by atoms with Gasteiger partial charge in [0.05, 0.1) is 0 Å². The minimum atomic E-state index is -0.881. The summed E-state index contributed by atoms with van der Waals surface area (Å²) in [6.07, 6.45) is 6.49. The van der Waals surface area contributed by atoms with Crippen LogP contribution in [0.4, 0.5) is 0 Å². The fraction of sp³-hybridized carbons (Fsp3) is 0.667. The zero-order valence-corrected chi connectivity index (χ0v) is 7.00. The molecule has 62 valence electrons. The number of carboxylic acids is 1. The maximum Gasteiger partial charge on any atom is 0.318 e. The first-order valence-corrected chi connectivity index (χ1v) is 3.76. The van der Waals surface area contributed by atoms with E-state index in [0.717, 1.165) is 6.42 Å². The predicted molar refractivity (Wildman–Crippen MR) is 44.0 cm³/mol. The molecule has 0 bridgehead atoms. The Morgan fingerprint density at radius 3 is 2.36 bits per heavy atom. The predicted octanol–water partition coefficient (Wildman–Crippen LogP) is 1.76. The lowest BCUT2D eigenvalue weighted by atomic mass is 9.99. The van der Waals surface area contributed by atoms with Crippen molar-refractivity contribution in [3.63, 3.8) is 0 Å². The van der Waals surface area contributed by atoms with Gasteiger partial charge in [0.2, 0.25) is 0 Å². The van der Waals surface area contributed by atoms with Gasteiger partial charge in [-0.3, -0.25) is 4.79 Å². The summed E-state index contributed by atoms with van der Waals surface area (Å²) in [5.41, 5.74) is 0. The molecule has 2 nitrogen and oxygen atoms in total. The van der Waals surface area contributed by atoms with E-state index in [2.05, 4.69) is 19.8 Å². The molecule has 1 unspecified atom stereocenters. The van der Waals surface area contributed by atoms with Crippen LogP contribution in [-0.4, -0.2) is 11.1 Å². The topological polar surface area (TPSA) is 37.3 Å². The zero-order valence-electron chi connectivity index (χ0n) is 7.00. The van der Waals surface area contributed by atoms with Crippen LogP contribution in [0, 0.1) is 24.2 Å². The maximum absolute atomic E-state index is 10.4. The van der Waals surface area contributed by atoms with Gasteiger partial charge < -0.3 is 5.11 Å². The SMILES string of the molecule is C#CC(CCC(C)C)C(=O)O. The highest BCUT2D eigenvalue weighted by atomic mass is 16.4. The molecule has 0 fully saturated rings. The number of hydrogen-bond donors (Lipinski definition) is 1. The van der Waals surface area contributed by atoms with Crippen molar-refractivity contribution in [1.29, 1.82) is 0 Å². The van der Waals surface area contributed by atoms with Crippen molar-refractivity contribution in [2.75, 3.05) is 0 Å². The second kappa shape index (κ2) is 4.79. The molecule has 11 heavy (non-hydrogen) atoms.